The van der Waals surface area contributed by atoms with Gasteiger partial charge in [-0.15, -0.1) is 0 Å². The predicted molar refractivity (Wildman–Crippen MR) is 74.3 cm³/mol. The Morgan fingerprint density at radius 3 is 2.71 bits per heavy atom. The maximum Gasteiger partial charge on any atom is 0.0223 e. The Morgan fingerprint density at radius 1 is 1.12 bits per heavy atom. The average molecular weight is 238 g/mol. The molecule has 0 saturated carbocycles. The van der Waals surface area contributed by atoms with Crippen molar-refractivity contribution in [3.8, 4) is 0 Å². The van der Waals surface area contributed by atoms with Gasteiger partial charge in [0.2, 0.25) is 0 Å². The van der Waals surface area contributed by atoms with Crippen LogP contribution in [0.5, 0.6) is 0 Å². The van der Waals surface area contributed by atoms with E-state index in [2.05, 4.69) is 30.6 Å². The molecule has 2 nitrogen and oxygen atoms in total. The summed E-state index contributed by atoms with van der Waals surface area (Å²) >= 11 is 0. The van der Waals surface area contributed by atoms with Crippen molar-refractivity contribution >= 4 is 0 Å². The fraction of sp³-hybridized carbons (Fsp3) is 1.00. The molecule has 0 spiro atoms. The van der Waals surface area contributed by atoms with Crippen LogP contribution in [0.1, 0.15) is 52.9 Å². The molecule has 2 fully saturated rings. The Bertz CT molecular complexity index is 229. The lowest BCUT2D eigenvalue weighted by molar-refractivity contribution is 0.0262. The lowest BCUT2D eigenvalue weighted by Gasteiger charge is -2.46. The fourth-order valence-electron chi connectivity index (χ4n) is 3.48. The third-order valence-electron chi connectivity index (χ3n) is 4.93. The summed E-state index contributed by atoms with van der Waals surface area (Å²) in [5, 5.41) is 0. The Balaban J connectivity index is 1.82. The number of piperazine rings is 1. The fourth-order valence-corrected chi connectivity index (χ4v) is 3.48. The maximum absolute atomic E-state index is 2.75. The molecule has 2 rings (SSSR count). The summed E-state index contributed by atoms with van der Waals surface area (Å²) in [6.07, 6.45) is 7.02. The zero-order chi connectivity index (χ0) is 12.3. The van der Waals surface area contributed by atoms with Crippen LogP contribution in [0.15, 0.2) is 0 Å². The van der Waals surface area contributed by atoms with Gasteiger partial charge in [0.25, 0.3) is 0 Å². The van der Waals surface area contributed by atoms with Gasteiger partial charge in [-0.1, -0.05) is 26.7 Å². The van der Waals surface area contributed by atoms with E-state index in [0.29, 0.717) is 0 Å². The van der Waals surface area contributed by atoms with Crippen LogP contribution in [0, 0.1) is 5.92 Å². The van der Waals surface area contributed by atoms with E-state index < -0.39 is 0 Å². The number of fused-ring (bicyclic) bond motifs is 1. The monoisotopic (exact) mass is 238 g/mol. The summed E-state index contributed by atoms with van der Waals surface area (Å²) in [7, 11) is 0. The second kappa shape index (κ2) is 6.19. The molecule has 2 saturated heterocycles. The SMILES string of the molecule is CCC(C)CC(C)N1CCN2CCCCC2C1. The second-order valence-electron chi connectivity index (χ2n) is 6.28. The summed E-state index contributed by atoms with van der Waals surface area (Å²) in [4.78, 5) is 5.48. The Labute approximate surface area is 107 Å². The van der Waals surface area contributed by atoms with Crippen LogP contribution in [-0.2, 0) is 0 Å². The number of hydrogen-bond acceptors (Lipinski definition) is 2. The minimum Gasteiger partial charge on any atom is -0.298 e. The van der Waals surface area contributed by atoms with E-state index in [4.69, 9.17) is 0 Å². The van der Waals surface area contributed by atoms with Crippen molar-refractivity contribution < 1.29 is 0 Å². The molecule has 3 atom stereocenters. The number of hydrogen-bond donors (Lipinski definition) is 0. The van der Waals surface area contributed by atoms with Gasteiger partial charge < -0.3 is 0 Å². The number of rotatable bonds is 4. The van der Waals surface area contributed by atoms with Crippen molar-refractivity contribution in [2.24, 2.45) is 5.92 Å². The van der Waals surface area contributed by atoms with Crippen molar-refractivity contribution in [2.75, 3.05) is 26.2 Å². The molecule has 0 bridgehead atoms. The van der Waals surface area contributed by atoms with Crippen molar-refractivity contribution in [3.63, 3.8) is 0 Å². The van der Waals surface area contributed by atoms with Crippen LogP contribution in [0.2, 0.25) is 0 Å². The molecule has 100 valence electrons. The van der Waals surface area contributed by atoms with Gasteiger partial charge in [0.05, 0.1) is 0 Å². The largest absolute Gasteiger partial charge is 0.298 e. The standard InChI is InChI=1S/C15H30N2/c1-4-13(2)11-14(3)17-10-9-16-8-6-5-7-15(16)12-17/h13-15H,4-12H2,1-3H3. The highest BCUT2D eigenvalue weighted by molar-refractivity contribution is 4.87. The van der Waals surface area contributed by atoms with E-state index in [-0.39, 0.29) is 0 Å². The zero-order valence-electron chi connectivity index (χ0n) is 12.0. The van der Waals surface area contributed by atoms with Crippen LogP contribution in [-0.4, -0.2) is 48.1 Å². The number of piperidine rings is 1. The highest BCUT2D eigenvalue weighted by atomic mass is 15.3. The van der Waals surface area contributed by atoms with Crippen LogP contribution in [0.3, 0.4) is 0 Å². The van der Waals surface area contributed by atoms with E-state index in [1.165, 1.54) is 58.3 Å². The molecule has 0 aliphatic carbocycles. The topological polar surface area (TPSA) is 6.48 Å². The van der Waals surface area contributed by atoms with E-state index in [1.807, 2.05) is 0 Å². The molecule has 0 amide bonds. The molecule has 2 heterocycles. The first-order valence-electron chi connectivity index (χ1n) is 7.68. The van der Waals surface area contributed by atoms with E-state index >= 15 is 0 Å². The van der Waals surface area contributed by atoms with Crippen molar-refractivity contribution in [3.05, 3.63) is 0 Å². The number of nitrogens with zero attached hydrogens (tertiary/aromatic N) is 2. The third-order valence-corrected chi connectivity index (χ3v) is 4.93. The molecule has 3 unspecified atom stereocenters. The molecule has 17 heavy (non-hydrogen) atoms. The molecular weight excluding hydrogens is 208 g/mol. The first-order valence-corrected chi connectivity index (χ1v) is 7.68. The van der Waals surface area contributed by atoms with E-state index in [9.17, 15) is 0 Å². The molecular formula is C15H30N2. The average Bonchev–Trinajstić information content (AvgIpc) is 2.38. The van der Waals surface area contributed by atoms with Crippen LogP contribution in [0.25, 0.3) is 0 Å². The lowest BCUT2D eigenvalue weighted by atomic mass is 9.95. The van der Waals surface area contributed by atoms with Gasteiger partial charge in [-0.25, -0.2) is 0 Å². The van der Waals surface area contributed by atoms with Gasteiger partial charge in [0, 0.05) is 31.7 Å². The maximum atomic E-state index is 2.75. The van der Waals surface area contributed by atoms with Gasteiger partial charge in [-0.3, -0.25) is 9.80 Å². The molecule has 0 radical (unpaired) electrons. The zero-order valence-corrected chi connectivity index (χ0v) is 12.0. The lowest BCUT2D eigenvalue weighted by Crippen LogP contribution is -2.56. The molecule has 2 aliphatic heterocycles. The molecule has 0 aromatic carbocycles. The van der Waals surface area contributed by atoms with Gasteiger partial charge in [-0.2, -0.15) is 0 Å². The Morgan fingerprint density at radius 2 is 1.94 bits per heavy atom. The summed E-state index contributed by atoms with van der Waals surface area (Å²) in [5.74, 6) is 0.884. The Kier molecular flexibility index (Phi) is 4.87. The Hall–Kier alpha value is -0.0800. The smallest absolute Gasteiger partial charge is 0.0223 e. The van der Waals surface area contributed by atoms with Gasteiger partial charge in [0.15, 0.2) is 0 Å². The normalized spacial score (nSPS) is 30.9. The predicted octanol–water partition coefficient (Wildman–Crippen LogP) is 2.98. The summed E-state index contributed by atoms with van der Waals surface area (Å²) in [6, 6.07) is 1.66. The molecule has 2 heteroatoms. The first-order chi connectivity index (χ1) is 8.20. The molecule has 2 aliphatic rings. The minimum atomic E-state index is 0.786. The molecule has 0 aromatic heterocycles. The van der Waals surface area contributed by atoms with Gasteiger partial charge in [0.1, 0.15) is 0 Å². The summed E-state index contributed by atoms with van der Waals surface area (Å²) in [5.41, 5.74) is 0. The van der Waals surface area contributed by atoms with Crippen LogP contribution in [0.4, 0.5) is 0 Å². The van der Waals surface area contributed by atoms with Crippen LogP contribution >= 0.6 is 0 Å². The van der Waals surface area contributed by atoms with Crippen molar-refractivity contribution in [2.45, 2.75) is 65.0 Å². The highest BCUT2D eigenvalue weighted by Gasteiger charge is 2.30. The van der Waals surface area contributed by atoms with Crippen molar-refractivity contribution in [1.29, 1.82) is 0 Å². The molecule has 0 aromatic rings. The third kappa shape index (κ3) is 3.45. The first kappa shape index (κ1) is 13.4. The van der Waals surface area contributed by atoms with E-state index in [0.717, 1.165) is 18.0 Å². The quantitative estimate of drug-likeness (QED) is 0.743. The highest BCUT2D eigenvalue weighted by Crippen LogP contribution is 2.24. The molecule has 0 N–H and O–H groups in total. The van der Waals surface area contributed by atoms with Crippen LogP contribution < -0.4 is 0 Å². The second-order valence-corrected chi connectivity index (χ2v) is 6.28. The summed E-state index contributed by atoms with van der Waals surface area (Å²) in [6.45, 7) is 12.5. The van der Waals surface area contributed by atoms with E-state index in [1.54, 1.807) is 0 Å². The minimum absolute atomic E-state index is 0.786. The van der Waals surface area contributed by atoms with Gasteiger partial charge >= 0.3 is 0 Å². The summed E-state index contributed by atoms with van der Waals surface area (Å²) < 4.78 is 0. The van der Waals surface area contributed by atoms with Crippen molar-refractivity contribution in [1.82, 2.24) is 9.80 Å². The van der Waals surface area contributed by atoms with Gasteiger partial charge in [-0.05, 0) is 38.6 Å².